The second-order valence-corrected chi connectivity index (χ2v) is 17.0. The summed E-state index contributed by atoms with van der Waals surface area (Å²) in [6, 6.07) is 5.00. The third-order valence-electron chi connectivity index (χ3n) is 10.1. The van der Waals surface area contributed by atoms with Crippen molar-refractivity contribution in [3.63, 3.8) is 0 Å². The zero-order valence-electron chi connectivity index (χ0n) is 27.6. The normalized spacial score (nSPS) is 28.9. The van der Waals surface area contributed by atoms with Crippen LogP contribution in [0.4, 0.5) is 0 Å². The second kappa shape index (κ2) is 13.1. The Hall–Kier alpha value is -3.23. The van der Waals surface area contributed by atoms with Crippen molar-refractivity contribution in [2.75, 3.05) is 26.9 Å². The minimum absolute atomic E-state index is 0.110. The van der Waals surface area contributed by atoms with Crippen molar-refractivity contribution in [1.82, 2.24) is 9.88 Å². The van der Waals surface area contributed by atoms with Gasteiger partial charge >= 0.3 is 5.97 Å². The van der Waals surface area contributed by atoms with Crippen molar-refractivity contribution in [3.8, 4) is 11.6 Å². The smallest absolute Gasteiger partial charge is 0.306 e. The highest BCUT2D eigenvalue weighted by atomic mass is 31.2. The van der Waals surface area contributed by atoms with Gasteiger partial charge in [-0.15, -0.1) is 6.58 Å². The molecule has 6 atom stereocenters. The Morgan fingerprint density at radius 3 is 2.67 bits per heavy atom. The average molecular weight is 655 g/mol. The number of amides is 1. The van der Waals surface area contributed by atoms with Crippen LogP contribution in [0.25, 0.3) is 10.8 Å². The number of rotatable bonds is 6. The predicted molar refractivity (Wildman–Crippen MR) is 175 cm³/mol. The standard InChI is InChI=1S/C35H47N2O8P/c1-7-24-19-35(24,46(6,41)42)20-29(38)28-17-25-21-37(28)33(40)27(34(2,3)4)18-31(39)44-14-10-8-9-11-23-15-26-22(16-30(23)43-5)12-13-36-32(26)45-25/h7,12-13,15-16,24-25,27-28H,1,8-11,14,17-21H2,2-6H3,(H,41,42)/t24?,25-,27-,28+,35?/m1/s1. The van der Waals surface area contributed by atoms with Crippen LogP contribution in [-0.2, 0) is 30.1 Å². The van der Waals surface area contributed by atoms with E-state index < -0.39 is 42.0 Å². The van der Waals surface area contributed by atoms with E-state index in [2.05, 4.69) is 11.6 Å². The third kappa shape index (κ3) is 6.89. The molecule has 10 nitrogen and oxygen atoms in total. The molecule has 46 heavy (non-hydrogen) atoms. The van der Waals surface area contributed by atoms with Crippen molar-refractivity contribution in [1.29, 1.82) is 0 Å². The number of benzene rings is 1. The number of ether oxygens (including phenoxy) is 3. The van der Waals surface area contributed by atoms with Gasteiger partial charge in [0.25, 0.3) is 0 Å². The Labute approximate surface area is 271 Å². The average Bonchev–Trinajstić information content (AvgIpc) is 3.56. The largest absolute Gasteiger partial charge is 0.496 e. The van der Waals surface area contributed by atoms with Crippen LogP contribution in [0.15, 0.2) is 37.1 Å². The summed E-state index contributed by atoms with van der Waals surface area (Å²) in [6.45, 7) is 11.2. The molecule has 2 aromatic rings. The summed E-state index contributed by atoms with van der Waals surface area (Å²) < 4.78 is 30.8. The Morgan fingerprint density at radius 1 is 1.26 bits per heavy atom. The Balaban J connectivity index is 1.53. The van der Waals surface area contributed by atoms with Gasteiger partial charge in [0.2, 0.25) is 19.2 Å². The highest BCUT2D eigenvalue weighted by molar-refractivity contribution is 7.59. The molecule has 250 valence electrons. The van der Waals surface area contributed by atoms with Crippen LogP contribution in [-0.4, -0.2) is 76.7 Å². The van der Waals surface area contributed by atoms with Gasteiger partial charge in [0.15, 0.2) is 5.78 Å². The minimum Gasteiger partial charge on any atom is -0.496 e. The van der Waals surface area contributed by atoms with Crippen LogP contribution in [0.1, 0.15) is 71.3 Å². The number of pyridine rings is 1. The first-order valence-corrected chi connectivity index (χ1v) is 18.3. The van der Waals surface area contributed by atoms with Crippen LogP contribution in [0.3, 0.4) is 0 Å². The molecule has 1 aliphatic carbocycles. The van der Waals surface area contributed by atoms with Gasteiger partial charge < -0.3 is 24.0 Å². The molecule has 1 N–H and O–H groups in total. The number of Topliss-reactive ketones (excluding diaryl/α,β-unsaturated/α-hetero) is 1. The zero-order chi connectivity index (χ0) is 33.4. The lowest BCUT2D eigenvalue weighted by atomic mass is 9.77. The highest BCUT2D eigenvalue weighted by Gasteiger charge is 2.63. The Morgan fingerprint density at radius 2 is 2.02 bits per heavy atom. The summed E-state index contributed by atoms with van der Waals surface area (Å²) in [5.41, 5.74) is 0.404. The first kappa shape index (κ1) is 34.1. The van der Waals surface area contributed by atoms with Gasteiger partial charge in [0.1, 0.15) is 11.9 Å². The summed E-state index contributed by atoms with van der Waals surface area (Å²) in [4.78, 5) is 58.2. The maximum Gasteiger partial charge on any atom is 0.306 e. The number of methoxy groups -OCH3 is 1. The summed E-state index contributed by atoms with van der Waals surface area (Å²) >= 11 is 0. The van der Waals surface area contributed by atoms with Crippen molar-refractivity contribution in [2.45, 2.75) is 89.4 Å². The molecule has 11 heteroatoms. The van der Waals surface area contributed by atoms with Gasteiger partial charge in [-0.1, -0.05) is 26.8 Å². The maximum absolute atomic E-state index is 14.4. The summed E-state index contributed by atoms with van der Waals surface area (Å²) in [7, 11) is -2.02. The zero-order valence-corrected chi connectivity index (χ0v) is 28.5. The number of ketones is 1. The monoisotopic (exact) mass is 654 g/mol. The first-order valence-electron chi connectivity index (χ1n) is 16.2. The molecule has 1 saturated carbocycles. The number of nitrogens with zero attached hydrogens (tertiary/aromatic N) is 2. The molecular weight excluding hydrogens is 607 g/mol. The lowest BCUT2D eigenvalue weighted by Gasteiger charge is -2.35. The number of esters is 1. The van der Waals surface area contributed by atoms with E-state index in [4.69, 9.17) is 14.2 Å². The molecule has 1 amide bonds. The fourth-order valence-electron chi connectivity index (χ4n) is 7.13. The van der Waals surface area contributed by atoms with E-state index in [1.54, 1.807) is 19.4 Å². The number of hydrogen-bond acceptors (Lipinski definition) is 8. The van der Waals surface area contributed by atoms with Gasteiger partial charge in [-0.2, -0.15) is 0 Å². The van der Waals surface area contributed by atoms with Gasteiger partial charge in [-0.25, -0.2) is 4.98 Å². The molecule has 1 saturated heterocycles. The van der Waals surface area contributed by atoms with Crippen LogP contribution >= 0.6 is 7.37 Å². The topological polar surface area (TPSA) is 132 Å². The van der Waals surface area contributed by atoms with E-state index >= 15 is 0 Å². The molecule has 3 heterocycles. The van der Waals surface area contributed by atoms with Crippen molar-refractivity contribution in [3.05, 3.63) is 42.6 Å². The lowest BCUT2D eigenvalue weighted by molar-refractivity contribution is -0.153. The molecule has 1 aromatic heterocycles. The molecule has 2 aliphatic heterocycles. The number of aromatic nitrogens is 1. The molecule has 5 rings (SSSR count). The first-order chi connectivity index (χ1) is 21.7. The SMILES string of the molecule is C=CC1CC1(CC(=O)[C@@H]1C[C@@H]2CN1C(=O)[C@H](C(C)(C)C)CC(=O)OCCCCCc1cc3c(nccc3cc1OC)O2)P(C)(=O)O. The summed E-state index contributed by atoms with van der Waals surface area (Å²) in [5.74, 6) is -0.896. The van der Waals surface area contributed by atoms with E-state index in [-0.39, 0.29) is 50.0 Å². The number of hydrogen-bond donors (Lipinski definition) is 1. The Kier molecular flexibility index (Phi) is 9.72. The predicted octanol–water partition coefficient (Wildman–Crippen LogP) is 5.72. The molecule has 0 radical (unpaired) electrons. The van der Waals surface area contributed by atoms with Crippen LogP contribution < -0.4 is 9.47 Å². The Bertz CT molecular complexity index is 1560. The number of carbonyl (C=O) groups excluding carboxylic acids is 3. The van der Waals surface area contributed by atoms with Crippen molar-refractivity contribution < 1.29 is 38.1 Å². The minimum atomic E-state index is -3.66. The summed E-state index contributed by atoms with van der Waals surface area (Å²) in [5, 5.41) is 0.628. The highest BCUT2D eigenvalue weighted by Crippen LogP contribution is 2.71. The molecule has 2 fully saturated rings. The van der Waals surface area contributed by atoms with Crippen molar-refractivity contribution >= 4 is 35.8 Å². The molecule has 3 aliphatic rings. The van der Waals surface area contributed by atoms with Crippen LogP contribution in [0.2, 0.25) is 0 Å². The molecule has 4 bridgehead atoms. The summed E-state index contributed by atoms with van der Waals surface area (Å²) in [6.07, 6.45) is 6.23. The number of aryl methyl sites for hydroxylation is 1. The van der Waals surface area contributed by atoms with Gasteiger partial charge in [-0.05, 0) is 72.6 Å². The fourth-order valence-corrected chi connectivity index (χ4v) is 8.83. The number of carbonyl (C=O) groups is 3. The number of cyclic esters (lactones) is 1. The number of allylic oxidation sites excluding steroid dienone is 1. The van der Waals surface area contributed by atoms with Gasteiger partial charge in [-0.3, -0.25) is 18.9 Å². The quantitative estimate of drug-likeness (QED) is 0.236. The van der Waals surface area contributed by atoms with Crippen molar-refractivity contribution in [2.24, 2.45) is 17.3 Å². The van der Waals surface area contributed by atoms with E-state index in [0.29, 0.717) is 18.7 Å². The van der Waals surface area contributed by atoms with Gasteiger partial charge in [0.05, 0.1) is 43.8 Å². The molecule has 0 spiro atoms. The van der Waals surface area contributed by atoms with E-state index in [0.717, 1.165) is 41.3 Å². The van der Waals surface area contributed by atoms with E-state index in [9.17, 15) is 23.8 Å². The van der Waals surface area contributed by atoms with Crippen LogP contribution in [0.5, 0.6) is 11.6 Å². The fraction of sp³-hybridized carbons (Fsp3) is 0.600. The third-order valence-corrected chi connectivity index (χ3v) is 12.4. The molecule has 3 unspecified atom stereocenters. The second-order valence-electron chi connectivity index (χ2n) is 14.3. The van der Waals surface area contributed by atoms with Gasteiger partial charge in [0, 0.05) is 31.1 Å². The molecule has 1 aromatic carbocycles. The van der Waals surface area contributed by atoms with Crippen LogP contribution in [0, 0.1) is 17.3 Å². The lowest BCUT2D eigenvalue weighted by Crippen LogP contribution is -2.48. The molecular formula is C35H47N2O8P. The maximum atomic E-state index is 14.4. The van der Waals surface area contributed by atoms with E-state index in [1.165, 1.54) is 11.6 Å². The number of fused-ring (bicyclic) bond motifs is 3. The van der Waals surface area contributed by atoms with E-state index in [1.807, 2.05) is 39.0 Å².